The number of hydrogen-bond donors (Lipinski definition) is 2. The van der Waals surface area contributed by atoms with Crippen molar-refractivity contribution < 1.29 is 9.53 Å². The van der Waals surface area contributed by atoms with Crippen LogP contribution >= 0.6 is 0 Å². The topological polar surface area (TPSA) is 50.4 Å². The molecule has 1 rings (SSSR count). The van der Waals surface area contributed by atoms with Crippen LogP contribution in [0.2, 0.25) is 0 Å². The van der Waals surface area contributed by atoms with E-state index in [1.807, 2.05) is 12.1 Å². The van der Waals surface area contributed by atoms with E-state index in [4.69, 9.17) is 4.74 Å². The molecule has 1 unspecified atom stereocenters. The molecule has 2 N–H and O–H groups in total. The largest absolute Gasteiger partial charge is 0.497 e. The van der Waals surface area contributed by atoms with Crippen LogP contribution in [0, 0.1) is 0 Å². The standard InChI is InChI=1S/C16H26N2O2/c1-4-11-18-16(19)10-12-17-15(5-2)13-6-8-14(20-3)9-7-13/h6-9,15,17H,4-5,10-12H2,1-3H3,(H,18,19). The number of ether oxygens (including phenoxy) is 1. The van der Waals surface area contributed by atoms with Gasteiger partial charge in [-0.3, -0.25) is 4.79 Å². The number of carbonyl (C=O) groups is 1. The Morgan fingerprint density at radius 3 is 2.45 bits per heavy atom. The Morgan fingerprint density at radius 2 is 1.90 bits per heavy atom. The lowest BCUT2D eigenvalue weighted by Gasteiger charge is -2.17. The zero-order valence-electron chi connectivity index (χ0n) is 12.7. The van der Waals surface area contributed by atoms with E-state index in [1.54, 1.807) is 7.11 Å². The third kappa shape index (κ3) is 5.61. The third-order valence-corrected chi connectivity index (χ3v) is 3.24. The summed E-state index contributed by atoms with van der Waals surface area (Å²) in [6.07, 6.45) is 2.48. The van der Waals surface area contributed by atoms with Gasteiger partial charge in [-0.25, -0.2) is 0 Å². The van der Waals surface area contributed by atoms with E-state index >= 15 is 0 Å². The fourth-order valence-corrected chi connectivity index (χ4v) is 2.05. The van der Waals surface area contributed by atoms with Gasteiger partial charge in [0.25, 0.3) is 0 Å². The summed E-state index contributed by atoms with van der Waals surface area (Å²) in [5.74, 6) is 0.978. The highest BCUT2D eigenvalue weighted by atomic mass is 16.5. The Kier molecular flexibility index (Phi) is 7.73. The lowest BCUT2D eigenvalue weighted by molar-refractivity contribution is -0.121. The predicted octanol–water partition coefficient (Wildman–Crippen LogP) is 2.65. The number of benzene rings is 1. The van der Waals surface area contributed by atoms with Crippen LogP contribution in [0.3, 0.4) is 0 Å². The maximum Gasteiger partial charge on any atom is 0.221 e. The van der Waals surface area contributed by atoms with E-state index in [0.29, 0.717) is 13.0 Å². The minimum absolute atomic E-state index is 0.115. The first-order chi connectivity index (χ1) is 9.71. The number of carbonyl (C=O) groups excluding carboxylic acids is 1. The average Bonchev–Trinajstić information content (AvgIpc) is 2.49. The van der Waals surface area contributed by atoms with E-state index < -0.39 is 0 Å². The molecular weight excluding hydrogens is 252 g/mol. The second-order valence-corrected chi connectivity index (χ2v) is 4.79. The van der Waals surface area contributed by atoms with E-state index in [-0.39, 0.29) is 11.9 Å². The molecule has 0 spiro atoms. The van der Waals surface area contributed by atoms with Crippen molar-refractivity contribution in [3.63, 3.8) is 0 Å². The van der Waals surface area contributed by atoms with Gasteiger partial charge < -0.3 is 15.4 Å². The number of amides is 1. The molecule has 0 saturated carbocycles. The quantitative estimate of drug-likeness (QED) is 0.730. The molecule has 1 atom stereocenters. The zero-order chi connectivity index (χ0) is 14.8. The van der Waals surface area contributed by atoms with Gasteiger partial charge in [0.2, 0.25) is 5.91 Å². The summed E-state index contributed by atoms with van der Waals surface area (Å²) in [7, 11) is 1.67. The molecule has 0 bridgehead atoms. The van der Waals surface area contributed by atoms with Crippen molar-refractivity contribution in [3.05, 3.63) is 29.8 Å². The zero-order valence-corrected chi connectivity index (χ0v) is 12.7. The average molecular weight is 278 g/mol. The molecule has 1 aromatic rings. The fourth-order valence-electron chi connectivity index (χ4n) is 2.05. The van der Waals surface area contributed by atoms with Crippen LogP contribution in [0.5, 0.6) is 5.75 Å². The van der Waals surface area contributed by atoms with Crippen LogP contribution in [0.25, 0.3) is 0 Å². The molecule has 112 valence electrons. The minimum atomic E-state index is 0.115. The first kappa shape index (κ1) is 16.5. The van der Waals surface area contributed by atoms with Crippen LogP contribution in [0.15, 0.2) is 24.3 Å². The molecule has 0 heterocycles. The molecule has 0 aromatic heterocycles. The molecule has 0 aliphatic heterocycles. The Bertz CT molecular complexity index is 390. The molecule has 1 aromatic carbocycles. The monoisotopic (exact) mass is 278 g/mol. The molecule has 1 amide bonds. The summed E-state index contributed by atoms with van der Waals surface area (Å²) in [6.45, 7) is 5.64. The Labute approximate surface area is 121 Å². The van der Waals surface area contributed by atoms with Crippen LogP contribution in [-0.2, 0) is 4.79 Å². The van der Waals surface area contributed by atoms with E-state index in [1.165, 1.54) is 5.56 Å². The highest BCUT2D eigenvalue weighted by Gasteiger charge is 2.09. The predicted molar refractivity (Wildman–Crippen MR) is 81.9 cm³/mol. The molecule has 0 aliphatic rings. The summed E-state index contributed by atoms with van der Waals surface area (Å²) in [6, 6.07) is 8.34. The molecule has 0 saturated heterocycles. The van der Waals surface area contributed by atoms with Gasteiger partial charge in [0.1, 0.15) is 5.75 Å². The smallest absolute Gasteiger partial charge is 0.221 e. The SMILES string of the molecule is CCCNC(=O)CCNC(CC)c1ccc(OC)cc1. The normalized spacial score (nSPS) is 11.9. The van der Waals surface area contributed by atoms with Crippen LogP contribution in [0.4, 0.5) is 0 Å². The van der Waals surface area contributed by atoms with Crippen molar-refractivity contribution in [3.8, 4) is 5.75 Å². The summed E-state index contributed by atoms with van der Waals surface area (Å²) >= 11 is 0. The minimum Gasteiger partial charge on any atom is -0.497 e. The molecule has 4 nitrogen and oxygen atoms in total. The van der Waals surface area contributed by atoms with Crippen molar-refractivity contribution >= 4 is 5.91 Å². The van der Waals surface area contributed by atoms with Crippen molar-refractivity contribution in [1.29, 1.82) is 0 Å². The molecule has 0 radical (unpaired) electrons. The summed E-state index contributed by atoms with van der Waals surface area (Å²) < 4.78 is 5.16. The van der Waals surface area contributed by atoms with Gasteiger partial charge in [-0.15, -0.1) is 0 Å². The van der Waals surface area contributed by atoms with Crippen LogP contribution in [0.1, 0.15) is 44.7 Å². The van der Waals surface area contributed by atoms with Crippen LogP contribution < -0.4 is 15.4 Å². The Balaban J connectivity index is 2.40. The van der Waals surface area contributed by atoms with Gasteiger partial charge in [0, 0.05) is 25.6 Å². The van der Waals surface area contributed by atoms with E-state index in [9.17, 15) is 4.79 Å². The summed E-state index contributed by atoms with van der Waals surface area (Å²) in [4.78, 5) is 11.5. The number of rotatable bonds is 9. The van der Waals surface area contributed by atoms with Gasteiger partial charge >= 0.3 is 0 Å². The van der Waals surface area contributed by atoms with E-state index in [2.05, 4.69) is 36.6 Å². The number of methoxy groups -OCH3 is 1. The third-order valence-electron chi connectivity index (χ3n) is 3.24. The van der Waals surface area contributed by atoms with E-state index in [0.717, 1.165) is 25.1 Å². The van der Waals surface area contributed by atoms with Crippen molar-refractivity contribution in [2.24, 2.45) is 0 Å². The maximum atomic E-state index is 11.5. The van der Waals surface area contributed by atoms with Gasteiger partial charge in [0.05, 0.1) is 7.11 Å². The van der Waals surface area contributed by atoms with Crippen molar-refractivity contribution in [2.45, 2.75) is 39.2 Å². The highest BCUT2D eigenvalue weighted by molar-refractivity contribution is 5.75. The Morgan fingerprint density at radius 1 is 1.20 bits per heavy atom. The second kappa shape index (κ2) is 9.37. The van der Waals surface area contributed by atoms with Gasteiger partial charge in [0.15, 0.2) is 0 Å². The van der Waals surface area contributed by atoms with Crippen LogP contribution in [-0.4, -0.2) is 26.1 Å². The molecule has 4 heteroatoms. The molecule has 0 fully saturated rings. The first-order valence-electron chi connectivity index (χ1n) is 7.35. The van der Waals surface area contributed by atoms with Gasteiger partial charge in [-0.2, -0.15) is 0 Å². The number of nitrogens with one attached hydrogen (secondary N) is 2. The highest BCUT2D eigenvalue weighted by Crippen LogP contribution is 2.19. The molecule has 20 heavy (non-hydrogen) atoms. The Hall–Kier alpha value is -1.55. The summed E-state index contributed by atoms with van der Waals surface area (Å²) in [5, 5.41) is 6.31. The maximum absolute atomic E-state index is 11.5. The van der Waals surface area contributed by atoms with Crippen molar-refractivity contribution in [2.75, 3.05) is 20.2 Å². The van der Waals surface area contributed by atoms with Gasteiger partial charge in [-0.1, -0.05) is 26.0 Å². The first-order valence-corrected chi connectivity index (χ1v) is 7.35. The number of hydrogen-bond acceptors (Lipinski definition) is 3. The van der Waals surface area contributed by atoms with Crippen molar-refractivity contribution in [1.82, 2.24) is 10.6 Å². The fraction of sp³-hybridized carbons (Fsp3) is 0.562. The molecule has 0 aliphatic carbocycles. The second-order valence-electron chi connectivity index (χ2n) is 4.79. The molecular formula is C16H26N2O2. The van der Waals surface area contributed by atoms with Gasteiger partial charge in [-0.05, 0) is 30.5 Å². The summed E-state index contributed by atoms with van der Waals surface area (Å²) in [5.41, 5.74) is 1.22. The lowest BCUT2D eigenvalue weighted by Crippen LogP contribution is -2.29. The lowest BCUT2D eigenvalue weighted by atomic mass is 10.0.